The molecule has 3 aliphatic heterocycles. The van der Waals surface area contributed by atoms with Crippen molar-refractivity contribution in [1.29, 1.82) is 0 Å². The molecule has 4 aliphatic rings. The summed E-state index contributed by atoms with van der Waals surface area (Å²) in [6, 6.07) is 1.59. The number of hydrogen-bond acceptors (Lipinski definition) is 5. The summed E-state index contributed by atoms with van der Waals surface area (Å²) >= 11 is 0. The van der Waals surface area contributed by atoms with Crippen LogP contribution in [0.3, 0.4) is 0 Å². The van der Waals surface area contributed by atoms with Crippen molar-refractivity contribution < 1.29 is 18.7 Å². The monoisotopic (exact) mass is 460 g/mol. The fourth-order valence-electron chi connectivity index (χ4n) is 6.34. The molecule has 1 aromatic heterocycles. The number of rotatable bonds is 3. The summed E-state index contributed by atoms with van der Waals surface area (Å²) in [4.78, 5) is 20.3. The summed E-state index contributed by atoms with van der Waals surface area (Å²) in [5.41, 5.74) is 8.75. The molecule has 6 rings (SSSR count). The topological polar surface area (TPSA) is 51.7 Å². The maximum absolute atomic E-state index is 14.8. The van der Waals surface area contributed by atoms with E-state index >= 15 is 0 Å². The zero-order valence-corrected chi connectivity index (χ0v) is 20.2. The quantitative estimate of drug-likeness (QED) is 0.583. The Morgan fingerprint density at radius 3 is 2.79 bits per heavy atom. The molecule has 0 saturated heterocycles. The largest absolute Gasteiger partial charge is 0.458 e. The van der Waals surface area contributed by atoms with Crippen molar-refractivity contribution in [2.45, 2.75) is 65.0 Å². The third-order valence-electron chi connectivity index (χ3n) is 8.08. The van der Waals surface area contributed by atoms with Gasteiger partial charge in [-0.1, -0.05) is 19.9 Å². The molecule has 34 heavy (non-hydrogen) atoms. The van der Waals surface area contributed by atoms with Gasteiger partial charge in [-0.25, -0.2) is 14.2 Å². The first-order chi connectivity index (χ1) is 16.4. The predicted molar refractivity (Wildman–Crippen MR) is 128 cm³/mol. The third kappa shape index (κ3) is 2.63. The number of ether oxygens (including phenoxy) is 2. The van der Waals surface area contributed by atoms with Crippen molar-refractivity contribution in [3.8, 4) is 0 Å². The lowest BCUT2D eigenvalue weighted by Crippen LogP contribution is -2.48. The van der Waals surface area contributed by atoms with Gasteiger partial charge in [0.25, 0.3) is 0 Å². The van der Waals surface area contributed by atoms with Crippen LogP contribution < -0.4 is 0 Å². The van der Waals surface area contributed by atoms with Gasteiger partial charge in [0.15, 0.2) is 5.60 Å². The second-order valence-corrected chi connectivity index (χ2v) is 9.59. The molecule has 0 amide bonds. The fraction of sp³-hybridized carbons (Fsp3) is 0.429. The number of methoxy groups -OCH3 is 1. The highest BCUT2D eigenvalue weighted by Crippen LogP contribution is 2.49. The molecule has 0 spiro atoms. The number of aromatic nitrogens is 1. The first kappa shape index (κ1) is 21.5. The summed E-state index contributed by atoms with van der Waals surface area (Å²) in [5, 5.41) is 1.14. The van der Waals surface area contributed by atoms with Crippen LogP contribution in [0.2, 0.25) is 0 Å². The lowest BCUT2D eigenvalue weighted by Gasteiger charge is -2.41. The second kappa shape index (κ2) is 7.51. The Balaban J connectivity index is 1.64. The van der Waals surface area contributed by atoms with Gasteiger partial charge in [0.1, 0.15) is 12.4 Å². The zero-order valence-electron chi connectivity index (χ0n) is 20.2. The number of halogens is 1. The number of allylic oxidation sites excluding steroid dienone is 1. The Morgan fingerprint density at radius 2 is 2.06 bits per heavy atom. The van der Waals surface area contributed by atoms with Crippen LogP contribution in [0.4, 0.5) is 4.39 Å². The number of esters is 1. The fourth-order valence-corrected chi connectivity index (χ4v) is 6.34. The normalized spacial score (nSPS) is 24.3. The zero-order chi connectivity index (χ0) is 23.8. The maximum Gasteiger partial charge on any atom is 0.343 e. The molecule has 1 aromatic carbocycles. The summed E-state index contributed by atoms with van der Waals surface area (Å²) in [6.45, 7) is 6.89. The van der Waals surface area contributed by atoms with Crippen molar-refractivity contribution in [1.82, 2.24) is 9.88 Å². The molecule has 0 saturated carbocycles. The number of nitrogens with zero attached hydrogens (tertiary/aromatic N) is 2. The number of aryl methyl sites for hydroxylation is 2. The third-order valence-corrected chi connectivity index (χ3v) is 8.08. The van der Waals surface area contributed by atoms with Crippen molar-refractivity contribution in [2.75, 3.05) is 13.7 Å². The Bertz CT molecular complexity index is 1360. The van der Waals surface area contributed by atoms with Gasteiger partial charge < -0.3 is 14.4 Å². The van der Waals surface area contributed by atoms with Crippen LogP contribution in [-0.4, -0.2) is 35.2 Å². The number of pyridine rings is 1. The summed E-state index contributed by atoms with van der Waals surface area (Å²) in [6.07, 6.45) is 8.47. The van der Waals surface area contributed by atoms with Gasteiger partial charge in [0.05, 0.1) is 23.5 Å². The van der Waals surface area contributed by atoms with E-state index in [1.54, 1.807) is 13.2 Å². The molecular formula is C28H29FN2O3. The van der Waals surface area contributed by atoms with E-state index in [2.05, 4.69) is 24.0 Å². The molecule has 176 valence electrons. The molecule has 0 fully saturated rings. The van der Waals surface area contributed by atoms with Gasteiger partial charge in [-0.2, -0.15) is 0 Å². The van der Waals surface area contributed by atoms with Gasteiger partial charge in [-0.3, -0.25) is 0 Å². The smallest absolute Gasteiger partial charge is 0.343 e. The van der Waals surface area contributed by atoms with Crippen molar-refractivity contribution in [3.05, 3.63) is 68.8 Å². The predicted octanol–water partition coefficient (Wildman–Crippen LogP) is 5.28. The molecule has 1 aliphatic carbocycles. The lowest BCUT2D eigenvalue weighted by atomic mass is 9.81. The SMILES string of the molecule is CCC=C1C2=C(C=C3c4nc5cc(F)c(C)c6c5c(c4CN13)CCC6)C(CC)(OC)C(=O)OC2. The standard InChI is InChI=1S/C28H29FN2O3/c1-5-8-23-19-14-34-27(32)28(6-2,33-4)20(19)11-24-26-18(13-31(23)24)17-10-7-9-16-15(3)21(29)12-22(30-26)25(16)17/h8,11-12H,5-7,9-10,13-14H2,1-4H3. The Hall–Kier alpha value is -2.99. The van der Waals surface area contributed by atoms with E-state index < -0.39 is 5.60 Å². The number of carbonyl (C=O) groups excluding carboxylic acids is 1. The average Bonchev–Trinajstić information content (AvgIpc) is 3.21. The minimum absolute atomic E-state index is 0.189. The van der Waals surface area contributed by atoms with E-state index in [0.717, 1.165) is 82.5 Å². The molecule has 1 atom stereocenters. The summed E-state index contributed by atoms with van der Waals surface area (Å²) < 4.78 is 26.3. The molecule has 0 radical (unpaired) electrons. The van der Waals surface area contributed by atoms with E-state index in [1.807, 2.05) is 13.8 Å². The van der Waals surface area contributed by atoms with Crippen molar-refractivity contribution in [3.63, 3.8) is 0 Å². The number of cyclic esters (lactones) is 1. The Kier molecular flexibility index (Phi) is 4.75. The highest BCUT2D eigenvalue weighted by molar-refractivity contribution is 5.94. The second-order valence-electron chi connectivity index (χ2n) is 9.59. The average molecular weight is 461 g/mol. The van der Waals surface area contributed by atoms with Crippen LogP contribution in [0.1, 0.15) is 61.1 Å². The van der Waals surface area contributed by atoms with Crippen molar-refractivity contribution in [2.24, 2.45) is 0 Å². The summed E-state index contributed by atoms with van der Waals surface area (Å²) in [5.74, 6) is -0.536. The Labute approximate surface area is 198 Å². The van der Waals surface area contributed by atoms with Crippen LogP contribution >= 0.6 is 0 Å². The molecule has 4 heterocycles. The maximum atomic E-state index is 14.8. The number of hydrogen-bond donors (Lipinski definition) is 0. The highest BCUT2D eigenvalue weighted by Gasteiger charge is 2.50. The molecule has 0 bridgehead atoms. The van der Waals surface area contributed by atoms with Crippen LogP contribution in [-0.2, 0) is 33.7 Å². The minimum atomic E-state index is -1.14. The van der Waals surface area contributed by atoms with Crippen LogP contribution in [0.15, 0.2) is 35.1 Å². The van der Waals surface area contributed by atoms with E-state index in [4.69, 9.17) is 14.5 Å². The number of benzene rings is 1. The first-order valence-corrected chi connectivity index (χ1v) is 12.2. The van der Waals surface area contributed by atoms with Gasteiger partial charge >= 0.3 is 5.97 Å². The molecule has 6 heteroatoms. The highest BCUT2D eigenvalue weighted by atomic mass is 19.1. The molecular weight excluding hydrogens is 431 g/mol. The molecule has 5 nitrogen and oxygen atoms in total. The van der Waals surface area contributed by atoms with Crippen LogP contribution in [0.25, 0.3) is 16.6 Å². The molecule has 2 aromatic rings. The van der Waals surface area contributed by atoms with Gasteiger partial charge in [-0.05, 0) is 61.8 Å². The number of fused-ring (bicyclic) bond motifs is 4. The van der Waals surface area contributed by atoms with Gasteiger partial charge in [0, 0.05) is 41.0 Å². The number of carbonyl (C=O) groups is 1. The summed E-state index contributed by atoms with van der Waals surface area (Å²) in [7, 11) is 1.57. The molecule has 0 N–H and O–H groups in total. The van der Waals surface area contributed by atoms with E-state index in [1.165, 1.54) is 11.1 Å². The van der Waals surface area contributed by atoms with E-state index in [-0.39, 0.29) is 18.4 Å². The van der Waals surface area contributed by atoms with Gasteiger partial charge in [-0.15, -0.1) is 0 Å². The molecule has 1 unspecified atom stereocenters. The first-order valence-electron chi connectivity index (χ1n) is 12.2. The Morgan fingerprint density at radius 1 is 1.26 bits per heavy atom. The lowest BCUT2D eigenvalue weighted by molar-refractivity contribution is -0.166. The van der Waals surface area contributed by atoms with Crippen molar-refractivity contribution >= 4 is 22.6 Å². The van der Waals surface area contributed by atoms with Gasteiger partial charge in [0.2, 0.25) is 0 Å². The van der Waals surface area contributed by atoms with Crippen LogP contribution in [0, 0.1) is 12.7 Å². The van der Waals surface area contributed by atoms with E-state index in [9.17, 15) is 9.18 Å². The minimum Gasteiger partial charge on any atom is -0.458 e. The van der Waals surface area contributed by atoms with Crippen LogP contribution in [0.5, 0.6) is 0 Å². The van der Waals surface area contributed by atoms with E-state index in [0.29, 0.717) is 6.42 Å².